The SMILES string of the molecule is O=P(=O)OC(CO)COCC(CO)OP(=O)=O. The predicted octanol–water partition coefficient (Wildman–Crippen LogP) is -0.0662. The van der Waals surface area contributed by atoms with Gasteiger partial charge in [0.1, 0.15) is 12.2 Å². The molecule has 0 spiro atoms. The molecule has 0 aromatic rings. The second-order valence-corrected chi connectivity index (χ2v) is 4.12. The number of aliphatic hydroxyl groups is 2. The van der Waals surface area contributed by atoms with Crippen LogP contribution in [0.15, 0.2) is 0 Å². The molecule has 2 N–H and O–H groups in total. The fourth-order valence-electron chi connectivity index (χ4n) is 0.807. The Bertz CT molecular complexity index is 288. The van der Waals surface area contributed by atoms with Crippen molar-refractivity contribution < 1.29 is 42.3 Å². The molecule has 11 heteroatoms. The van der Waals surface area contributed by atoms with E-state index in [-0.39, 0.29) is 13.2 Å². The van der Waals surface area contributed by atoms with E-state index < -0.39 is 41.2 Å². The van der Waals surface area contributed by atoms with Gasteiger partial charge in [0, 0.05) is 0 Å². The molecule has 9 nitrogen and oxygen atoms in total. The van der Waals surface area contributed by atoms with Crippen LogP contribution in [0, 0.1) is 0 Å². The van der Waals surface area contributed by atoms with Crippen molar-refractivity contribution in [3.63, 3.8) is 0 Å². The van der Waals surface area contributed by atoms with Crippen LogP contribution in [-0.4, -0.2) is 48.8 Å². The van der Waals surface area contributed by atoms with Gasteiger partial charge in [-0.1, -0.05) is 0 Å². The highest BCUT2D eigenvalue weighted by atomic mass is 31.1. The van der Waals surface area contributed by atoms with Crippen LogP contribution in [0.3, 0.4) is 0 Å². The highest BCUT2D eigenvalue weighted by Crippen LogP contribution is 2.12. The summed E-state index contributed by atoms with van der Waals surface area (Å²) in [5.74, 6) is 0. The van der Waals surface area contributed by atoms with Crippen molar-refractivity contribution in [2.45, 2.75) is 12.2 Å². The van der Waals surface area contributed by atoms with Crippen molar-refractivity contribution in [2.75, 3.05) is 26.4 Å². The molecule has 0 amide bonds. The topological polar surface area (TPSA) is 136 Å². The largest absolute Gasteiger partial charge is 0.468 e. The smallest absolute Gasteiger partial charge is 0.394 e. The third kappa shape index (κ3) is 9.31. The van der Waals surface area contributed by atoms with Crippen LogP contribution >= 0.6 is 15.8 Å². The van der Waals surface area contributed by atoms with Gasteiger partial charge in [0.15, 0.2) is 0 Å². The molecule has 0 bridgehead atoms. The van der Waals surface area contributed by atoms with Crippen molar-refractivity contribution in [1.82, 2.24) is 0 Å². The maximum absolute atomic E-state index is 10.2. The molecule has 0 rings (SSSR count). The van der Waals surface area contributed by atoms with E-state index in [1.54, 1.807) is 0 Å². The van der Waals surface area contributed by atoms with Crippen molar-refractivity contribution in [3.8, 4) is 0 Å². The molecule has 0 aliphatic carbocycles. The van der Waals surface area contributed by atoms with Gasteiger partial charge < -0.3 is 14.9 Å². The molecule has 0 heterocycles. The van der Waals surface area contributed by atoms with E-state index in [9.17, 15) is 18.3 Å². The van der Waals surface area contributed by atoms with Crippen LogP contribution in [0.5, 0.6) is 0 Å². The average Bonchev–Trinajstić information content (AvgIpc) is 2.25. The van der Waals surface area contributed by atoms with E-state index in [1.807, 2.05) is 0 Å². The summed E-state index contributed by atoms with van der Waals surface area (Å²) in [4.78, 5) is 0. The van der Waals surface area contributed by atoms with Gasteiger partial charge in [0.25, 0.3) is 0 Å². The summed E-state index contributed by atoms with van der Waals surface area (Å²) < 4.78 is 54.0. The molecule has 2 atom stereocenters. The summed E-state index contributed by atoms with van der Waals surface area (Å²) in [7, 11) is -6.23. The Hall–Kier alpha value is -0.400. The number of hydrogen-bond acceptors (Lipinski definition) is 9. The Morgan fingerprint density at radius 3 is 1.41 bits per heavy atom. The minimum atomic E-state index is -3.11. The molecule has 0 aromatic carbocycles. The zero-order valence-electron chi connectivity index (χ0n) is 8.63. The van der Waals surface area contributed by atoms with E-state index >= 15 is 0 Å². The Morgan fingerprint density at radius 2 is 1.18 bits per heavy atom. The van der Waals surface area contributed by atoms with Gasteiger partial charge in [0.05, 0.1) is 26.4 Å². The first-order chi connectivity index (χ1) is 7.99. The third-order valence-corrected chi connectivity index (χ3v) is 2.43. The summed E-state index contributed by atoms with van der Waals surface area (Å²) in [6.45, 7) is -1.72. The van der Waals surface area contributed by atoms with Crippen molar-refractivity contribution in [3.05, 3.63) is 0 Å². The Balaban J connectivity index is 3.92. The van der Waals surface area contributed by atoms with Crippen LogP contribution in [0.1, 0.15) is 0 Å². The first-order valence-electron chi connectivity index (χ1n) is 4.41. The van der Waals surface area contributed by atoms with E-state index in [0.29, 0.717) is 0 Å². The Labute approximate surface area is 97.5 Å². The number of rotatable bonds is 10. The van der Waals surface area contributed by atoms with Crippen LogP contribution in [0.2, 0.25) is 0 Å². The average molecular weight is 290 g/mol. The molecule has 0 saturated carbocycles. The monoisotopic (exact) mass is 290 g/mol. The first-order valence-corrected chi connectivity index (χ1v) is 6.60. The van der Waals surface area contributed by atoms with Crippen LogP contribution in [0.25, 0.3) is 0 Å². The minimum Gasteiger partial charge on any atom is -0.394 e. The van der Waals surface area contributed by atoms with Gasteiger partial charge in [-0.2, -0.15) is 0 Å². The number of aliphatic hydroxyl groups excluding tert-OH is 2. The summed E-state index contributed by atoms with van der Waals surface area (Å²) in [5, 5.41) is 17.4. The van der Waals surface area contributed by atoms with E-state index in [1.165, 1.54) is 0 Å². The molecule has 2 unspecified atom stereocenters. The molecular formula is C6H12O9P2. The number of hydrogen-bond donors (Lipinski definition) is 2. The van der Waals surface area contributed by atoms with Gasteiger partial charge in [-0.3, -0.25) is 9.05 Å². The lowest BCUT2D eigenvalue weighted by atomic mass is 10.4. The Kier molecular flexibility index (Phi) is 9.39. The van der Waals surface area contributed by atoms with Gasteiger partial charge >= 0.3 is 15.8 Å². The zero-order chi connectivity index (χ0) is 13.3. The van der Waals surface area contributed by atoms with Crippen LogP contribution < -0.4 is 0 Å². The highest BCUT2D eigenvalue weighted by molar-refractivity contribution is 7.24. The summed E-state index contributed by atoms with van der Waals surface area (Å²) >= 11 is 0. The lowest BCUT2D eigenvalue weighted by Gasteiger charge is -2.14. The molecule has 0 aliphatic rings. The third-order valence-electron chi connectivity index (χ3n) is 1.49. The second kappa shape index (κ2) is 9.61. The molecular weight excluding hydrogens is 278 g/mol. The van der Waals surface area contributed by atoms with E-state index in [0.717, 1.165) is 0 Å². The van der Waals surface area contributed by atoms with Gasteiger partial charge in [0.2, 0.25) is 0 Å². The van der Waals surface area contributed by atoms with Crippen molar-refractivity contribution in [1.29, 1.82) is 0 Å². The van der Waals surface area contributed by atoms with E-state index in [2.05, 4.69) is 9.05 Å². The molecule has 100 valence electrons. The number of ether oxygens (including phenoxy) is 1. The molecule has 0 aliphatic heterocycles. The second-order valence-electron chi connectivity index (χ2n) is 2.80. The van der Waals surface area contributed by atoms with Crippen molar-refractivity contribution in [2.24, 2.45) is 0 Å². The lowest BCUT2D eigenvalue weighted by Crippen LogP contribution is -2.26. The molecule has 17 heavy (non-hydrogen) atoms. The summed E-state index contributed by atoms with van der Waals surface area (Å²) in [5.41, 5.74) is 0. The zero-order valence-corrected chi connectivity index (χ0v) is 10.4. The van der Waals surface area contributed by atoms with Crippen LogP contribution in [0.4, 0.5) is 0 Å². The maximum atomic E-state index is 10.2. The molecule has 0 radical (unpaired) electrons. The fraction of sp³-hybridized carbons (Fsp3) is 1.00. The van der Waals surface area contributed by atoms with Gasteiger partial charge in [-0.05, 0) is 0 Å². The fourth-order valence-corrected chi connectivity index (χ4v) is 1.55. The molecule has 0 aromatic heterocycles. The van der Waals surface area contributed by atoms with E-state index in [4.69, 9.17) is 14.9 Å². The quantitative estimate of drug-likeness (QED) is 0.529. The lowest BCUT2D eigenvalue weighted by molar-refractivity contribution is -0.0191. The van der Waals surface area contributed by atoms with Gasteiger partial charge in [-0.15, -0.1) is 0 Å². The molecule has 0 fully saturated rings. The Morgan fingerprint density at radius 1 is 0.824 bits per heavy atom. The normalized spacial score (nSPS) is 14.2. The summed E-state index contributed by atoms with van der Waals surface area (Å²) in [6, 6.07) is 0. The predicted molar refractivity (Wildman–Crippen MR) is 51.3 cm³/mol. The highest BCUT2D eigenvalue weighted by Gasteiger charge is 2.15. The summed E-state index contributed by atoms with van der Waals surface area (Å²) in [6.07, 6.45) is -2.15. The van der Waals surface area contributed by atoms with Gasteiger partial charge in [-0.25, -0.2) is 18.3 Å². The molecule has 0 saturated heterocycles. The maximum Gasteiger partial charge on any atom is 0.468 e. The minimum absolute atomic E-state index is 0.282. The van der Waals surface area contributed by atoms with Crippen molar-refractivity contribution >= 4 is 15.8 Å². The van der Waals surface area contributed by atoms with Crippen LogP contribution in [-0.2, 0) is 32.0 Å². The standard InChI is InChI=1S/C6H12O9P2/c7-1-5(14-16(9)10)3-13-4-6(2-8)15-17(11)12/h5-8H,1-4H2. The first kappa shape index (κ1) is 16.6.